The van der Waals surface area contributed by atoms with Crippen LogP contribution in [-0.4, -0.2) is 13.1 Å². The maximum atomic E-state index is 14.2. The monoisotopic (exact) mass is 276 g/mol. The molecule has 2 aromatic carbocycles. The van der Waals surface area contributed by atoms with E-state index in [1.54, 1.807) is 23.1 Å². The van der Waals surface area contributed by atoms with E-state index >= 15 is 0 Å². The summed E-state index contributed by atoms with van der Waals surface area (Å²) < 4.78 is 27.2. The number of halogens is 2. The van der Waals surface area contributed by atoms with E-state index in [1.807, 2.05) is 13.0 Å². The van der Waals surface area contributed by atoms with Crippen molar-refractivity contribution in [3.63, 3.8) is 0 Å². The zero-order valence-electron chi connectivity index (χ0n) is 11.4. The van der Waals surface area contributed by atoms with Gasteiger partial charge in [0.1, 0.15) is 11.6 Å². The van der Waals surface area contributed by atoms with Gasteiger partial charge >= 0.3 is 0 Å². The zero-order chi connectivity index (χ0) is 14.5. The minimum atomic E-state index is -0.302. The summed E-state index contributed by atoms with van der Waals surface area (Å²) in [5.74, 6) is -0.592. The van der Waals surface area contributed by atoms with Crippen LogP contribution in [0.3, 0.4) is 0 Å². The van der Waals surface area contributed by atoms with Crippen LogP contribution in [0.2, 0.25) is 0 Å². The Labute approximate surface area is 117 Å². The molecule has 106 valence electrons. The lowest BCUT2D eigenvalue weighted by Gasteiger charge is -2.24. The maximum Gasteiger partial charge on any atom is 0.147 e. The highest BCUT2D eigenvalue weighted by atomic mass is 19.1. The molecule has 0 spiro atoms. The second-order valence-electron chi connectivity index (χ2n) is 4.55. The van der Waals surface area contributed by atoms with E-state index in [4.69, 9.17) is 5.73 Å². The first kappa shape index (κ1) is 14.5. The lowest BCUT2D eigenvalue weighted by atomic mass is 10.1. The SMILES string of the molecule is CCN(c1ccc(F)cc1)c1ccc(CCN)cc1F. The Morgan fingerprint density at radius 3 is 2.30 bits per heavy atom. The van der Waals surface area contributed by atoms with Crippen LogP contribution in [0.25, 0.3) is 0 Å². The van der Waals surface area contributed by atoms with Gasteiger partial charge in [0, 0.05) is 12.2 Å². The molecule has 20 heavy (non-hydrogen) atoms. The van der Waals surface area contributed by atoms with E-state index in [-0.39, 0.29) is 11.6 Å². The number of anilines is 2. The largest absolute Gasteiger partial charge is 0.339 e. The molecule has 0 aliphatic carbocycles. The average molecular weight is 276 g/mol. The number of nitrogens with zero attached hydrogens (tertiary/aromatic N) is 1. The third kappa shape index (κ3) is 3.14. The molecule has 0 atom stereocenters. The van der Waals surface area contributed by atoms with Crippen molar-refractivity contribution in [2.24, 2.45) is 5.73 Å². The van der Waals surface area contributed by atoms with E-state index in [1.165, 1.54) is 18.2 Å². The summed E-state index contributed by atoms with van der Waals surface area (Å²) in [5.41, 5.74) is 7.60. The van der Waals surface area contributed by atoms with Gasteiger partial charge in [-0.05, 0) is 61.9 Å². The lowest BCUT2D eigenvalue weighted by Crippen LogP contribution is -2.17. The third-order valence-corrected chi connectivity index (χ3v) is 3.19. The van der Waals surface area contributed by atoms with E-state index in [2.05, 4.69) is 0 Å². The van der Waals surface area contributed by atoms with Gasteiger partial charge in [0.05, 0.1) is 5.69 Å². The fourth-order valence-electron chi connectivity index (χ4n) is 2.20. The predicted molar refractivity (Wildman–Crippen MR) is 78.2 cm³/mol. The number of nitrogens with two attached hydrogens (primary N) is 1. The van der Waals surface area contributed by atoms with Crippen LogP contribution in [-0.2, 0) is 6.42 Å². The van der Waals surface area contributed by atoms with Gasteiger partial charge < -0.3 is 10.6 Å². The molecule has 0 radical (unpaired) electrons. The second kappa shape index (κ2) is 6.48. The van der Waals surface area contributed by atoms with Crippen molar-refractivity contribution >= 4 is 11.4 Å². The highest BCUT2D eigenvalue weighted by molar-refractivity contribution is 5.64. The van der Waals surface area contributed by atoms with Gasteiger partial charge in [-0.3, -0.25) is 0 Å². The molecule has 0 aromatic heterocycles. The van der Waals surface area contributed by atoms with Crippen LogP contribution in [0.15, 0.2) is 42.5 Å². The number of benzene rings is 2. The van der Waals surface area contributed by atoms with Crippen molar-refractivity contribution in [1.82, 2.24) is 0 Å². The Morgan fingerprint density at radius 2 is 1.75 bits per heavy atom. The molecule has 0 saturated heterocycles. The minimum absolute atomic E-state index is 0.290. The molecule has 4 heteroatoms. The molecule has 0 amide bonds. The highest BCUT2D eigenvalue weighted by Gasteiger charge is 2.12. The van der Waals surface area contributed by atoms with Crippen molar-refractivity contribution in [1.29, 1.82) is 0 Å². The van der Waals surface area contributed by atoms with Gasteiger partial charge in [-0.2, -0.15) is 0 Å². The normalized spacial score (nSPS) is 10.6. The minimum Gasteiger partial charge on any atom is -0.339 e. The van der Waals surface area contributed by atoms with Crippen molar-refractivity contribution < 1.29 is 8.78 Å². The van der Waals surface area contributed by atoms with Crippen molar-refractivity contribution in [2.75, 3.05) is 18.0 Å². The van der Waals surface area contributed by atoms with Crippen LogP contribution in [0.5, 0.6) is 0 Å². The Morgan fingerprint density at radius 1 is 1.05 bits per heavy atom. The Bertz CT molecular complexity index is 567. The standard InChI is InChI=1S/C16H18F2N2/c1-2-20(14-6-4-13(17)5-7-14)16-8-3-12(9-10-19)11-15(16)18/h3-8,11H,2,9-10,19H2,1H3. The van der Waals surface area contributed by atoms with Crippen LogP contribution >= 0.6 is 0 Å². The number of hydrogen-bond donors (Lipinski definition) is 1. The summed E-state index contributed by atoms with van der Waals surface area (Å²) >= 11 is 0. The quantitative estimate of drug-likeness (QED) is 0.903. The number of hydrogen-bond acceptors (Lipinski definition) is 2. The van der Waals surface area contributed by atoms with E-state index in [9.17, 15) is 8.78 Å². The van der Waals surface area contributed by atoms with Crippen LogP contribution < -0.4 is 10.6 Å². The van der Waals surface area contributed by atoms with Gasteiger partial charge in [-0.15, -0.1) is 0 Å². The summed E-state index contributed by atoms with van der Waals surface area (Å²) in [7, 11) is 0. The van der Waals surface area contributed by atoms with E-state index < -0.39 is 0 Å². The molecular weight excluding hydrogens is 258 g/mol. The molecule has 0 bridgehead atoms. The fraction of sp³-hybridized carbons (Fsp3) is 0.250. The van der Waals surface area contributed by atoms with Gasteiger partial charge in [0.15, 0.2) is 0 Å². The zero-order valence-corrected chi connectivity index (χ0v) is 11.4. The fourth-order valence-corrected chi connectivity index (χ4v) is 2.20. The Hall–Kier alpha value is -1.94. The lowest BCUT2D eigenvalue weighted by molar-refractivity contribution is 0.622. The first-order valence-corrected chi connectivity index (χ1v) is 6.67. The molecule has 0 heterocycles. The van der Waals surface area contributed by atoms with E-state index in [0.717, 1.165) is 11.3 Å². The molecule has 2 aromatic rings. The summed E-state index contributed by atoms with van der Waals surface area (Å²) in [5, 5.41) is 0. The predicted octanol–water partition coefficient (Wildman–Crippen LogP) is 3.62. The van der Waals surface area contributed by atoms with Crippen molar-refractivity contribution in [3.05, 3.63) is 59.7 Å². The van der Waals surface area contributed by atoms with Crippen molar-refractivity contribution in [2.45, 2.75) is 13.3 Å². The molecule has 0 saturated carbocycles. The molecule has 2 rings (SSSR count). The molecule has 0 unspecified atom stereocenters. The summed E-state index contributed by atoms with van der Waals surface area (Å²) in [4.78, 5) is 1.81. The number of rotatable bonds is 5. The summed E-state index contributed by atoms with van der Waals surface area (Å²) in [6, 6.07) is 11.2. The van der Waals surface area contributed by atoms with Gasteiger partial charge in [0.2, 0.25) is 0 Å². The molecular formula is C16H18F2N2. The van der Waals surface area contributed by atoms with Crippen molar-refractivity contribution in [3.8, 4) is 0 Å². The average Bonchev–Trinajstić information content (AvgIpc) is 2.44. The Kier molecular flexibility index (Phi) is 4.69. The van der Waals surface area contributed by atoms with Gasteiger partial charge in [0.25, 0.3) is 0 Å². The van der Waals surface area contributed by atoms with Gasteiger partial charge in [-0.1, -0.05) is 6.07 Å². The van der Waals surface area contributed by atoms with Gasteiger partial charge in [-0.25, -0.2) is 8.78 Å². The molecule has 2 N–H and O–H groups in total. The first-order chi connectivity index (χ1) is 9.65. The second-order valence-corrected chi connectivity index (χ2v) is 4.55. The molecule has 0 fully saturated rings. The topological polar surface area (TPSA) is 29.3 Å². The smallest absolute Gasteiger partial charge is 0.147 e. The van der Waals surface area contributed by atoms with Crippen LogP contribution in [0.1, 0.15) is 12.5 Å². The molecule has 0 aliphatic rings. The summed E-state index contributed by atoms with van der Waals surface area (Å²) in [6.45, 7) is 3.02. The Balaban J connectivity index is 2.34. The maximum absolute atomic E-state index is 14.2. The highest BCUT2D eigenvalue weighted by Crippen LogP contribution is 2.28. The van der Waals surface area contributed by atoms with Crippen LogP contribution in [0.4, 0.5) is 20.2 Å². The van der Waals surface area contributed by atoms with Crippen LogP contribution in [0, 0.1) is 11.6 Å². The third-order valence-electron chi connectivity index (χ3n) is 3.19. The first-order valence-electron chi connectivity index (χ1n) is 6.67. The molecule has 0 aliphatic heterocycles. The summed E-state index contributed by atoms with van der Waals surface area (Å²) in [6.07, 6.45) is 0.653. The molecule has 2 nitrogen and oxygen atoms in total. The van der Waals surface area contributed by atoms with E-state index in [0.29, 0.717) is 25.2 Å².